The molecule has 0 radical (unpaired) electrons. The number of carbonyl (C=O) groups is 2. The van der Waals surface area contributed by atoms with Crippen molar-refractivity contribution in [2.24, 2.45) is 5.92 Å². The van der Waals surface area contributed by atoms with E-state index < -0.39 is 0 Å². The summed E-state index contributed by atoms with van der Waals surface area (Å²) < 4.78 is 0. The van der Waals surface area contributed by atoms with Crippen LogP contribution in [0.25, 0.3) is 0 Å². The van der Waals surface area contributed by atoms with Crippen molar-refractivity contribution in [3.8, 4) is 0 Å². The normalized spacial score (nSPS) is 18.2. The Labute approximate surface area is 156 Å². The van der Waals surface area contributed by atoms with Crippen LogP contribution in [0.15, 0.2) is 24.3 Å². The Morgan fingerprint density at radius 2 is 1.77 bits per heavy atom. The molecule has 1 heterocycles. The number of carbonyl (C=O) groups excluding carboxylic acids is 2. The minimum atomic E-state index is 0.0621. The first kappa shape index (κ1) is 18.9. The molecule has 3 rings (SSSR count). The van der Waals surface area contributed by atoms with Crippen molar-refractivity contribution in [1.29, 1.82) is 0 Å². The van der Waals surface area contributed by atoms with Crippen molar-refractivity contribution in [1.82, 2.24) is 15.1 Å². The molecule has 1 aromatic rings. The summed E-state index contributed by atoms with van der Waals surface area (Å²) in [6.07, 6.45) is 7.08. The van der Waals surface area contributed by atoms with E-state index in [0.717, 1.165) is 44.6 Å². The van der Waals surface area contributed by atoms with Gasteiger partial charge in [-0.15, -0.1) is 0 Å². The average Bonchev–Trinajstić information content (AvgIpc) is 2.63. The molecule has 2 fully saturated rings. The van der Waals surface area contributed by atoms with E-state index in [-0.39, 0.29) is 17.7 Å². The molecule has 0 unspecified atom stereocenters. The Hall–Kier alpha value is -1.88. The third-order valence-electron chi connectivity index (χ3n) is 5.69. The van der Waals surface area contributed by atoms with E-state index in [1.165, 1.54) is 25.7 Å². The van der Waals surface area contributed by atoms with Gasteiger partial charge in [0.05, 0.1) is 0 Å². The third kappa shape index (κ3) is 5.07. The molecule has 26 heavy (non-hydrogen) atoms. The van der Waals surface area contributed by atoms with Gasteiger partial charge in [0, 0.05) is 38.2 Å². The standard InChI is InChI=1S/C21H31N3O2/c1-23(14-15-24-12-3-2-4-13-24)21(26)19-10-8-17(9-11-19)16-22-20(25)18-6-5-7-18/h8-11,18H,2-7,12-16H2,1H3,(H,22,25). The van der Waals surface area contributed by atoms with Crippen LogP contribution in [0.5, 0.6) is 0 Å². The molecule has 1 aliphatic carbocycles. The highest BCUT2D eigenvalue weighted by atomic mass is 16.2. The van der Waals surface area contributed by atoms with Crippen LogP contribution in [-0.2, 0) is 11.3 Å². The quantitative estimate of drug-likeness (QED) is 0.816. The van der Waals surface area contributed by atoms with Crippen molar-refractivity contribution in [2.45, 2.75) is 45.1 Å². The van der Waals surface area contributed by atoms with Crippen LogP contribution in [0.2, 0.25) is 0 Å². The Bertz CT molecular complexity index is 604. The maximum atomic E-state index is 12.6. The van der Waals surface area contributed by atoms with Crippen molar-refractivity contribution in [3.05, 3.63) is 35.4 Å². The fraction of sp³-hybridized carbons (Fsp3) is 0.619. The van der Waals surface area contributed by atoms with Gasteiger partial charge < -0.3 is 15.1 Å². The predicted molar refractivity (Wildman–Crippen MR) is 103 cm³/mol. The molecule has 0 spiro atoms. The number of likely N-dealkylation sites (tertiary alicyclic amines) is 1. The third-order valence-corrected chi connectivity index (χ3v) is 5.69. The van der Waals surface area contributed by atoms with Gasteiger partial charge in [0.1, 0.15) is 0 Å². The van der Waals surface area contributed by atoms with Crippen LogP contribution in [0.1, 0.15) is 54.4 Å². The summed E-state index contributed by atoms with van der Waals surface area (Å²) in [5, 5.41) is 2.99. The molecule has 1 N–H and O–H groups in total. The number of likely N-dealkylation sites (N-methyl/N-ethyl adjacent to an activating group) is 1. The Morgan fingerprint density at radius 3 is 2.38 bits per heavy atom. The van der Waals surface area contributed by atoms with Crippen LogP contribution >= 0.6 is 0 Å². The lowest BCUT2D eigenvalue weighted by molar-refractivity contribution is -0.127. The highest BCUT2D eigenvalue weighted by molar-refractivity contribution is 5.94. The SMILES string of the molecule is CN(CCN1CCCCC1)C(=O)c1ccc(CNC(=O)C2CCC2)cc1. The van der Waals surface area contributed by atoms with Crippen molar-refractivity contribution in [3.63, 3.8) is 0 Å². The van der Waals surface area contributed by atoms with Crippen LogP contribution in [0, 0.1) is 5.92 Å². The first-order valence-electron chi connectivity index (χ1n) is 9.98. The van der Waals surface area contributed by atoms with Gasteiger partial charge >= 0.3 is 0 Å². The largest absolute Gasteiger partial charge is 0.352 e. The number of rotatable bonds is 7. The Kier molecular flexibility index (Phi) is 6.67. The summed E-state index contributed by atoms with van der Waals surface area (Å²) in [4.78, 5) is 28.7. The molecule has 0 bridgehead atoms. The predicted octanol–water partition coefficient (Wildman–Crippen LogP) is 2.66. The van der Waals surface area contributed by atoms with Crippen LogP contribution in [0.4, 0.5) is 0 Å². The number of hydrogen-bond donors (Lipinski definition) is 1. The second kappa shape index (κ2) is 9.17. The zero-order chi connectivity index (χ0) is 18.4. The van der Waals surface area contributed by atoms with Crippen molar-refractivity contribution < 1.29 is 9.59 Å². The zero-order valence-corrected chi connectivity index (χ0v) is 15.9. The smallest absolute Gasteiger partial charge is 0.253 e. The molecule has 142 valence electrons. The second-order valence-corrected chi connectivity index (χ2v) is 7.67. The van der Waals surface area contributed by atoms with Crippen LogP contribution in [-0.4, -0.2) is 54.8 Å². The van der Waals surface area contributed by atoms with E-state index in [1.54, 1.807) is 0 Å². The molecule has 2 aliphatic rings. The molecule has 1 aliphatic heterocycles. The molecular weight excluding hydrogens is 326 g/mol. The van der Waals surface area contributed by atoms with Gasteiger partial charge in [0.25, 0.3) is 5.91 Å². The molecule has 2 amide bonds. The molecule has 1 saturated carbocycles. The molecule has 0 aromatic heterocycles. The highest BCUT2D eigenvalue weighted by Crippen LogP contribution is 2.26. The van der Waals surface area contributed by atoms with Gasteiger partial charge in [-0.05, 0) is 56.5 Å². The summed E-state index contributed by atoms with van der Waals surface area (Å²) in [6.45, 7) is 4.56. The van der Waals surface area contributed by atoms with E-state index in [2.05, 4.69) is 10.2 Å². The summed E-state index contributed by atoms with van der Waals surface area (Å²) in [6, 6.07) is 7.61. The lowest BCUT2D eigenvalue weighted by atomic mass is 9.85. The molecule has 0 atom stereocenters. The van der Waals surface area contributed by atoms with Crippen molar-refractivity contribution in [2.75, 3.05) is 33.2 Å². The fourth-order valence-corrected chi connectivity index (χ4v) is 3.57. The summed E-state index contributed by atoms with van der Waals surface area (Å²) in [5.74, 6) is 0.435. The monoisotopic (exact) mass is 357 g/mol. The number of nitrogens with zero attached hydrogens (tertiary/aromatic N) is 2. The lowest BCUT2D eigenvalue weighted by Gasteiger charge is -2.28. The van der Waals surface area contributed by atoms with Gasteiger partial charge in [-0.2, -0.15) is 0 Å². The highest BCUT2D eigenvalue weighted by Gasteiger charge is 2.24. The molecule has 1 saturated heterocycles. The van der Waals surface area contributed by atoms with Gasteiger partial charge in [0.15, 0.2) is 0 Å². The summed E-state index contributed by atoms with van der Waals surface area (Å²) >= 11 is 0. The first-order chi connectivity index (χ1) is 12.6. The van der Waals surface area contributed by atoms with E-state index in [9.17, 15) is 9.59 Å². The minimum Gasteiger partial charge on any atom is -0.352 e. The number of hydrogen-bond acceptors (Lipinski definition) is 3. The fourth-order valence-electron chi connectivity index (χ4n) is 3.57. The Morgan fingerprint density at radius 1 is 1.08 bits per heavy atom. The average molecular weight is 357 g/mol. The number of piperidine rings is 1. The van der Waals surface area contributed by atoms with Gasteiger partial charge in [-0.1, -0.05) is 25.0 Å². The zero-order valence-electron chi connectivity index (χ0n) is 15.9. The molecule has 5 heteroatoms. The maximum absolute atomic E-state index is 12.6. The van der Waals surface area contributed by atoms with Gasteiger partial charge in [0.2, 0.25) is 5.91 Å². The van der Waals surface area contributed by atoms with E-state index >= 15 is 0 Å². The number of benzene rings is 1. The molecular formula is C21H31N3O2. The van der Waals surface area contributed by atoms with E-state index in [0.29, 0.717) is 12.1 Å². The van der Waals surface area contributed by atoms with E-state index in [1.807, 2.05) is 36.2 Å². The van der Waals surface area contributed by atoms with Gasteiger partial charge in [-0.3, -0.25) is 9.59 Å². The first-order valence-corrected chi connectivity index (χ1v) is 9.98. The molecule has 1 aromatic carbocycles. The van der Waals surface area contributed by atoms with E-state index in [4.69, 9.17) is 0 Å². The van der Waals surface area contributed by atoms with Gasteiger partial charge in [-0.25, -0.2) is 0 Å². The number of amides is 2. The Balaban J connectivity index is 1.44. The second-order valence-electron chi connectivity index (χ2n) is 7.67. The minimum absolute atomic E-state index is 0.0621. The summed E-state index contributed by atoms with van der Waals surface area (Å²) in [5.41, 5.74) is 1.74. The number of nitrogens with one attached hydrogen (secondary N) is 1. The topological polar surface area (TPSA) is 52.6 Å². The lowest BCUT2D eigenvalue weighted by Crippen LogP contribution is -2.38. The maximum Gasteiger partial charge on any atom is 0.253 e. The van der Waals surface area contributed by atoms with Crippen molar-refractivity contribution >= 4 is 11.8 Å². The summed E-state index contributed by atoms with van der Waals surface area (Å²) in [7, 11) is 1.87. The van der Waals surface area contributed by atoms with Crippen LogP contribution in [0.3, 0.4) is 0 Å². The van der Waals surface area contributed by atoms with Crippen LogP contribution < -0.4 is 5.32 Å². The molecule has 5 nitrogen and oxygen atoms in total.